The Bertz CT molecular complexity index is 580. The van der Waals surface area contributed by atoms with Crippen molar-refractivity contribution in [3.8, 4) is 0 Å². The topological polar surface area (TPSA) is 79.7 Å². The van der Waals surface area contributed by atoms with Gasteiger partial charge in [-0.05, 0) is 45.7 Å². The van der Waals surface area contributed by atoms with Gasteiger partial charge in [0.15, 0.2) is 0 Å². The number of amides is 1. The summed E-state index contributed by atoms with van der Waals surface area (Å²) in [6, 6.07) is 5.47. The molecule has 1 aliphatic heterocycles. The summed E-state index contributed by atoms with van der Waals surface area (Å²) < 4.78 is 5.46. The van der Waals surface area contributed by atoms with Crippen LogP contribution in [0.3, 0.4) is 0 Å². The second-order valence-electron chi connectivity index (χ2n) is 6.78. The van der Waals surface area contributed by atoms with Crippen LogP contribution in [0.2, 0.25) is 0 Å². The first-order valence-electron chi connectivity index (χ1n) is 7.93. The van der Waals surface area contributed by atoms with Gasteiger partial charge in [-0.3, -0.25) is 14.7 Å². The first kappa shape index (κ1) is 17.2. The van der Waals surface area contributed by atoms with Crippen molar-refractivity contribution in [2.45, 2.75) is 58.1 Å². The molecule has 1 saturated heterocycles. The quantitative estimate of drug-likeness (QED) is 0.921. The number of hydrogen-bond acceptors (Lipinski definition) is 4. The van der Waals surface area contributed by atoms with Gasteiger partial charge in [-0.1, -0.05) is 6.07 Å². The molecule has 23 heavy (non-hydrogen) atoms. The second kappa shape index (κ2) is 6.98. The van der Waals surface area contributed by atoms with Gasteiger partial charge in [0.05, 0.1) is 18.2 Å². The fraction of sp³-hybridized carbons (Fsp3) is 0.588. The number of aromatic nitrogens is 1. The highest BCUT2D eigenvalue weighted by molar-refractivity contribution is 5.69. The van der Waals surface area contributed by atoms with Crippen molar-refractivity contribution in [1.29, 1.82) is 0 Å². The molecule has 0 aliphatic carbocycles. The molecule has 1 aliphatic rings. The van der Waals surface area contributed by atoms with Gasteiger partial charge >= 0.3 is 12.1 Å². The maximum atomic E-state index is 12.3. The first-order chi connectivity index (χ1) is 10.8. The molecule has 1 N–H and O–H groups in total. The van der Waals surface area contributed by atoms with Crippen LogP contribution in [0.5, 0.6) is 0 Å². The summed E-state index contributed by atoms with van der Waals surface area (Å²) in [4.78, 5) is 29.3. The van der Waals surface area contributed by atoms with Crippen molar-refractivity contribution in [2.24, 2.45) is 0 Å². The van der Waals surface area contributed by atoms with Crippen molar-refractivity contribution in [2.75, 3.05) is 6.54 Å². The number of ether oxygens (including phenoxy) is 1. The molecule has 0 unspecified atom stereocenters. The molecule has 1 aromatic rings. The van der Waals surface area contributed by atoms with Gasteiger partial charge in [0.25, 0.3) is 0 Å². The highest BCUT2D eigenvalue weighted by atomic mass is 16.6. The predicted octanol–water partition coefficient (Wildman–Crippen LogP) is 3.17. The van der Waals surface area contributed by atoms with Crippen LogP contribution in [0.1, 0.15) is 57.5 Å². The average Bonchev–Trinajstić information content (AvgIpc) is 2.93. The van der Waals surface area contributed by atoms with Gasteiger partial charge in [0.1, 0.15) is 5.60 Å². The molecule has 126 valence electrons. The molecule has 0 aromatic carbocycles. The van der Waals surface area contributed by atoms with Crippen molar-refractivity contribution in [1.82, 2.24) is 9.88 Å². The minimum absolute atomic E-state index is 0.0525. The Morgan fingerprint density at radius 1 is 1.39 bits per heavy atom. The maximum Gasteiger partial charge on any atom is 0.410 e. The lowest BCUT2D eigenvalue weighted by Gasteiger charge is -2.28. The number of carboxylic acids is 1. The molecular weight excluding hydrogens is 296 g/mol. The van der Waals surface area contributed by atoms with Crippen molar-refractivity contribution in [3.05, 3.63) is 29.6 Å². The van der Waals surface area contributed by atoms with Crippen LogP contribution >= 0.6 is 0 Å². The molecule has 0 bridgehead atoms. The summed E-state index contributed by atoms with van der Waals surface area (Å²) in [5.41, 5.74) is 1.01. The van der Waals surface area contributed by atoms with Gasteiger partial charge in [-0.25, -0.2) is 4.79 Å². The number of carboxylic acid groups (broad SMARTS) is 1. The number of carbonyl (C=O) groups excluding carboxylic acids is 1. The number of likely N-dealkylation sites (tertiary alicyclic amines) is 1. The average molecular weight is 320 g/mol. The minimum Gasteiger partial charge on any atom is -0.481 e. The van der Waals surface area contributed by atoms with Crippen LogP contribution in [0.4, 0.5) is 4.79 Å². The van der Waals surface area contributed by atoms with Crippen molar-refractivity contribution < 1.29 is 19.4 Å². The van der Waals surface area contributed by atoms with Gasteiger partial charge < -0.3 is 9.84 Å². The third-order valence-corrected chi connectivity index (χ3v) is 3.65. The Kier molecular flexibility index (Phi) is 5.23. The number of nitrogens with zero attached hydrogens (tertiary/aromatic N) is 2. The standard InChI is InChI=1S/C17H24N2O4/c1-17(2,3)23-16(22)19-11-5-8-14(19)13-7-4-6-12(18-13)9-10-15(20)21/h4,6-7,14H,5,8-11H2,1-3H3,(H,20,21)/t14-/m0/s1. The molecule has 1 amide bonds. The summed E-state index contributed by atoms with van der Waals surface area (Å²) in [5, 5.41) is 8.78. The largest absolute Gasteiger partial charge is 0.481 e. The molecule has 0 spiro atoms. The summed E-state index contributed by atoms with van der Waals surface area (Å²) >= 11 is 0. The van der Waals surface area contributed by atoms with E-state index >= 15 is 0 Å². The summed E-state index contributed by atoms with van der Waals surface area (Å²) in [6.45, 7) is 6.20. The lowest BCUT2D eigenvalue weighted by atomic mass is 10.1. The SMILES string of the molecule is CC(C)(C)OC(=O)N1CCC[C@H]1c1cccc(CCC(=O)O)n1. The Labute approximate surface area is 136 Å². The lowest BCUT2D eigenvalue weighted by molar-refractivity contribution is -0.136. The number of pyridine rings is 1. The molecule has 1 fully saturated rings. The molecule has 6 nitrogen and oxygen atoms in total. The monoisotopic (exact) mass is 320 g/mol. The molecule has 0 saturated carbocycles. The number of aryl methyl sites for hydroxylation is 1. The summed E-state index contributed by atoms with van der Waals surface area (Å²) in [7, 11) is 0. The van der Waals surface area contributed by atoms with Gasteiger partial charge in [-0.2, -0.15) is 0 Å². The van der Waals surface area contributed by atoms with E-state index in [0.717, 1.165) is 24.2 Å². The van der Waals surface area contributed by atoms with E-state index in [1.165, 1.54) is 0 Å². The van der Waals surface area contributed by atoms with Gasteiger partial charge in [-0.15, -0.1) is 0 Å². The molecule has 6 heteroatoms. The summed E-state index contributed by atoms with van der Waals surface area (Å²) in [5.74, 6) is -0.839. The molecule has 2 rings (SSSR count). The number of rotatable bonds is 4. The fourth-order valence-corrected chi connectivity index (χ4v) is 2.67. The molecule has 1 aromatic heterocycles. The lowest BCUT2D eigenvalue weighted by Crippen LogP contribution is -2.36. The third-order valence-electron chi connectivity index (χ3n) is 3.65. The van der Waals surface area contributed by atoms with E-state index < -0.39 is 11.6 Å². The predicted molar refractivity (Wildman–Crippen MR) is 85.1 cm³/mol. The normalized spacial score (nSPS) is 18.0. The highest BCUT2D eigenvalue weighted by Gasteiger charge is 2.33. The minimum atomic E-state index is -0.839. The molecule has 2 heterocycles. The summed E-state index contributed by atoms with van der Waals surface area (Å²) in [6.07, 6.45) is 1.87. The van der Waals surface area contributed by atoms with Crippen LogP contribution < -0.4 is 0 Å². The zero-order chi connectivity index (χ0) is 17.0. The van der Waals surface area contributed by atoms with E-state index in [1.54, 1.807) is 4.90 Å². The third kappa shape index (κ3) is 4.94. The zero-order valence-electron chi connectivity index (χ0n) is 13.9. The van der Waals surface area contributed by atoms with Crippen LogP contribution in [0.25, 0.3) is 0 Å². The molecule has 0 radical (unpaired) electrons. The van der Waals surface area contributed by atoms with Crippen LogP contribution in [-0.2, 0) is 16.0 Å². The van der Waals surface area contributed by atoms with E-state index in [4.69, 9.17) is 9.84 Å². The van der Waals surface area contributed by atoms with Gasteiger partial charge in [0, 0.05) is 18.7 Å². The Morgan fingerprint density at radius 3 is 2.78 bits per heavy atom. The van der Waals surface area contributed by atoms with E-state index in [1.807, 2.05) is 39.0 Å². The smallest absolute Gasteiger partial charge is 0.410 e. The zero-order valence-corrected chi connectivity index (χ0v) is 13.9. The van der Waals surface area contributed by atoms with E-state index in [0.29, 0.717) is 13.0 Å². The van der Waals surface area contributed by atoms with Crippen molar-refractivity contribution >= 4 is 12.1 Å². The first-order valence-corrected chi connectivity index (χ1v) is 7.93. The Hall–Kier alpha value is -2.11. The van der Waals surface area contributed by atoms with E-state index in [-0.39, 0.29) is 18.6 Å². The van der Waals surface area contributed by atoms with Crippen LogP contribution in [0, 0.1) is 0 Å². The Morgan fingerprint density at radius 2 is 2.13 bits per heavy atom. The van der Waals surface area contributed by atoms with Crippen LogP contribution in [-0.4, -0.2) is 39.2 Å². The number of carbonyl (C=O) groups is 2. The number of aliphatic carboxylic acids is 1. The highest BCUT2D eigenvalue weighted by Crippen LogP contribution is 2.32. The number of hydrogen-bond donors (Lipinski definition) is 1. The maximum absolute atomic E-state index is 12.3. The van der Waals surface area contributed by atoms with Crippen LogP contribution in [0.15, 0.2) is 18.2 Å². The molecular formula is C17H24N2O4. The second-order valence-corrected chi connectivity index (χ2v) is 6.78. The molecule has 1 atom stereocenters. The fourth-order valence-electron chi connectivity index (χ4n) is 2.67. The van der Waals surface area contributed by atoms with Crippen molar-refractivity contribution in [3.63, 3.8) is 0 Å². The van der Waals surface area contributed by atoms with E-state index in [9.17, 15) is 9.59 Å². The Balaban J connectivity index is 2.11. The van der Waals surface area contributed by atoms with E-state index in [2.05, 4.69) is 4.98 Å². The van der Waals surface area contributed by atoms with Gasteiger partial charge in [0.2, 0.25) is 0 Å².